The minimum atomic E-state index is -0.833. The van der Waals surface area contributed by atoms with Crippen LogP contribution in [0.3, 0.4) is 0 Å². The number of primary amides is 1. The molecule has 0 unspecified atom stereocenters. The number of nitrogens with zero attached hydrogens (tertiary/aromatic N) is 3. The largest absolute Gasteiger partial charge is 0.481 e. The molecule has 9 nitrogen and oxygen atoms in total. The Morgan fingerprint density at radius 2 is 1.93 bits per heavy atom. The smallest absolute Gasteiger partial charge is 0.300 e. The lowest BCUT2D eigenvalue weighted by Gasteiger charge is -2.13. The summed E-state index contributed by atoms with van der Waals surface area (Å²) in [5, 5.41) is 21.9. The first-order valence-electron chi connectivity index (χ1n) is 9.03. The van der Waals surface area contributed by atoms with Crippen LogP contribution in [0.1, 0.15) is 48.5 Å². The van der Waals surface area contributed by atoms with Crippen molar-refractivity contribution in [2.75, 3.05) is 0 Å². The second-order valence-corrected chi connectivity index (χ2v) is 7.15. The number of carbonyl (C=O) groups excluding carboxylic acids is 1. The Morgan fingerprint density at radius 3 is 2.43 bits per heavy atom. The highest BCUT2D eigenvalue weighted by atomic mass is 16.4. The van der Waals surface area contributed by atoms with E-state index in [-0.39, 0.29) is 18.4 Å². The van der Waals surface area contributed by atoms with Crippen LogP contribution >= 0.6 is 0 Å². The Morgan fingerprint density at radius 1 is 1.29 bits per heavy atom. The monoisotopic (exact) mass is 389 g/mol. The predicted molar refractivity (Wildman–Crippen MR) is 103 cm³/mol. The molecule has 1 aliphatic carbocycles. The van der Waals surface area contributed by atoms with Gasteiger partial charge in [0.1, 0.15) is 5.82 Å². The number of aryl methyl sites for hydroxylation is 2. The minimum absolute atomic E-state index is 0.00447. The van der Waals surface area contributed by atoms with Crippen molar-refractivity contribution >= 4 is 11.9 Å². The maximum Gasteiger partial charge on any atom is 0.300 e. The normalized spacial score (nSPS) is 21.1. The number of aliphatic hydroxyl groups excluding tert-OH is 1. The molecule has 9 heteroatoms. The minimum Gasteiger partial charge on any atom is -0.481 e. The van der Waals surface area contributed by atoms with E-state index in [2.05, 4.69) is 16.1 Å². The number of aromatic nitrogens is 3. The van der Waals surface area contributed by atoms with Crippen molar-refractivity contribution in [2.45, 2.75) is 58.1 Å². The van der Waals surface area contributed by atoms with Gasteiger partial charge in [0.2, 0.25) is 5.91 Å². The first-order chi connectivity index (χ1) is 13.1. The van der Waals surface area contributed by atoms with Gasteiger partial charge in [0.05, 0.1) is 18.2 Å². The summed E-state index contributed by atoms with van der Waals surface area (Å²) in [4.78, 5) is 24.8. The summed E-state index contributed by atoms with van der Waals surface area (Å²) in [7, 11) is 0. The second-order valence-electron chi connectivity index (χ2n) is 7.15. The zero-order chi connectivity index (χ0) is 21.0. The number of hydrogen-bond acceptors (Lipinski definition) is 6. The van der Waals surface area contributed by atoms with Crippen LogP contribution in [0.15, 0.2) is 18.2 Å². The molecule has 1 heterocycles. The van der Waals surface area contributed by atoms with Crippen molar-refractivity contribution < 1.29 is 19.8 Å². The Hall–Kier alpha value is -2.78. The fourth-order valence-corrected chi connectivity index (χ4v) is 3.34. The van der Waals surface area contributed by atoms with E-state index in [1.54, 1.807) is 4.68 Å². The van der Waals surface area contributed by atoms with Gasteiger partial charge in [-0.25, -0.2) is 9.67 Å². The molecule has 1 aromatic carbocycles. The molecule has 6 N–H and O–H groups in total. The van der Waals surface area contributed by atoms with Gasteiger partial charge in [-0.1, -0.05) is 17.7 Å². The number of carboxylic acid groups (broad SMARTS) is 1. The van der Waals surface area contributed by atoms with Crippen LogP contribution in [0, 0.1) is 13.8 Å². The molecule has 0 saturated heterocycles. The van der Waals surface area contributed by atoms with Crippen molar-refractivity contribution in [1.82, 2.24) is 14.8 Å². The van der Waals surface area contributed by atoms with Gasteiger partial charge < -0.3 is 21.7 Å². The van der Waals surface area contributed by atoms with Crippen molar-refractivity contribution in [3.8, 4) is 5.69 Å². The van der Waals surface area contributed by atoms with Crippen LogP contribution in [0.2, 0.25) is 0 Å². The topological polar surface area (TPSA) is 157 Å². The summed E-state index contributed by atoms with van der Waals surface area (Å²) < 4.78 is 1.77. The standard InChI is InChI=1S/C17H23N5O2.C2H4O2/c1-9-3-4-13(10(2)5-9)22-17(11-6-12(18)14(23)7-11)20-16(21-22)8-15(19)24;1-2(3)4/h3-5,11-12,14,23H,6-8,18H2,1-2H3,(H2,19,24);1H3,(H,3,4)/t11-,12+,14+;/m0./s1. The average Bonchev–Trinajstić information content (AvgIpc) is 3.10. The lowest BCUT2D eigenvalue weighted by Crippen LogP contribution is -2.28. The molecule has 3 rings (SSSR count). The van der Waals surface area contributed by atoms with Crippen LogP contribution in [-0.4, -0.2) is 49.0 Å². The number of rotatable bonds is 4. The molecule has 28 heavy (non-hydrogen) atoms. The fraction of sp³-hybridized carbons (Fsp3) is 0.474. The number of carboxylic acids is 1. The van der Waals surface area contributed by atoms with E-state index < -0.39 is 18.0 Å². The van der Waals surface area contributed by atoms with Crippen molar-refractivity contribution in [3.63, 3.8) is 0 Å². The van der Waals surface area contributed by atoms with Crippen LogP contribution in [0.4, 0.5) is 0 Å². The Bertz CT molecular complexity index is 850. The molecule has 1 amide bonds. The van der Waals surface area contributed by atoms with Gasteiger partial charge in [-0.05, 0) is 38.3 Å². The van der Waals surface area contributed by atoms with Gasteiger partial charge in [-0.3, -0.25) is 9.59 Å². The van der Waals surface area contributed by atoms with E-state index in [0.717, 1.165) is 29.6 Å². The van der Waals surface area contributed by atoms with Crippen molar-refractivity contribution in [2.24, 2.45) is 11.5 Å². The van der Waals surface area contributed by atoms with E-state index in [4.69, 9.17) is 21.4 Å². The molecule has 0 spiro atoms. The number of nitrogens with two attached hydrogens (primary N) is 2. The van der Waals surface area contributed by atoms with Crippen LogP contribution < -0.4 is 11.5 Å². The van der Waals surface area contributed by atoms with E-state index in [1.165, 1.54) is 0 Å². The highest BCUT2D eigenvalue weighted by molar-refractivity contribution is 5.75. The number of benzene rings is 1. The molecule has 2 aromatic rings. The van der Waals surface area contributed by atoms with Gasteiger partial charge >= 0.3 is 0 Å². The van der Waals surface area contributed by atoms with Gasteiger partial charge in [0.25, 0.3) is 5.97 Å². The second kappa shape index (κ2) is 8.94. The lowest BCUT2D eigenvalue weighted by atomic mass is 10.1. The molecule has 1 aliphatic rings. The first kappa shape index (κ1) is 21.5. The Balaban J connectivity index is 0.000000640. The Kier molecular flexibility index (Phi) is 6.87. The third-order valence-electron chi connectivity index (χ3n) is 4.53. The third-order valence-corrected chi connectivity index (χ3v) is 4.53. The summed E-state index contributed by atoms with van der Waals surface area (Å²) in [6.07, 6.45) is 0.632. The summed E-state index contributed by atoms with van der Waals surface area (Å²) >= 11 is 0. The number of carbonyl (C=O) groups is 2. The molecule has 1 saturated carbocycles. The van der Waals surface area contributed by atoms with Gasteiger partial charge in [-0.2, -0.15) is 5.10 Å². The van der Waals surface area contributed by atoms with E-state index >= 15 is 0 Å². The van der Waals surface area contributed by atoms with E-state index in [9.17, 15) is 9.90 Å². The van der Waals surface area contributed by atoms with Crippen molar-refractivity contribution in [1.29, 1.82) is 0 Å². The van der Waals surface area contributed by atoms with Gasteiger partial charge in [0, 0.05) is 18.9 Å². The first-order valence-corrected chi connectivity index (χ1v) is 9.03. The molecule has 152 valence electrons. The number of hydrogen-bond donors (Lipinski definition) is 4. The van der Waals surface area contributed by atoms with Crippen molar-refractivity contribution in [3.05, 3.63) is 41.0 Å². The summed E-state index contributed by atoms with van der Waals surface area (Å²) in [5.41, 5.74) is 14.4. The maximum absolute atomic E-state index is 11.2. The molecule has 0 aliphatic heterocycles. The zero-order valence-corrected chi connectivity index (χ0v) is 16.3. The zero-order valence-electron chi connectivity index (χ0n) is 16.3. The molecular weight excluding hydrogens is 362 g/mol. The SMILES string of the molecule is CC(=O)O.Cc1ccc(-n2nc(CC(N)=O)nc2[C@H]2C[C@@H](N)[C@H](O)C2)c(C)c1. The van der Waals surface area contributed by atoms with Crippen LogP contribution in [0.5, 0.6) is 0 Å². The molecule has 0 radical (unpaired) electrons. The van der Waals surface area contributed by atoms with Gasteiger partial charge in [0.15, 0.2) is 5.82 Å². The highest BCUT2D eigenvalue weighted by Gasteiger charge is 2.35. The quantitative estimate of drug-likeness (QED) is 0.595. The predicted octanol–water partition coefficient (Wildman–Crippen LogP) is 0.568. The number of aliphatic carboxylic acids is 1. The maximum atomic E-state index is 11.2. The number of aliphatic hydroxyl groups is 1. The Labute approximate surface area is 163 Å². The molecular formula is C19H27N5O4. The summed E-state index contributed by atoms with van der Waals surface area (Å²) in [6, 6.07) is 5.81. The molecule has 1 aromatic heterocycles. The van der Waals surface area contributed by atoms with E-state index in [0.29, 0.717) is 18.7 Å². The molecule has 0 bridgehead atoms. The van der Waals surface area contributed by atoms with Gasteiger partial charge in [-0.15, -0.1) is 0 Å². The number of amides is 1. The molecule has 1 fully saturated rings. The fourth-order valence-electron chi connectivity index (χ4n) is 3.34. The average molecular weight is 389 g/mol. The molecule has 3 atom stereocenters. The summed E-state index contributed by atoms with van der Waals surface area (Å²) in [5.74, 6) is -0.176. The third kappa shape index (κ3) is 5.37. The highest BCUT2D eigenvalue weighted by Crippen LogP contribution is 2.34. The lowest BCUT2D eigenvalue weighted by molar-refractivity contribution is -0.134. The van der Waals surface area contributed by atoms with Crippen LogP contribution in [-0.2, 0) is 16.0 Å². The van der Waals surface area contributed by atoms with Crippen LogP contribution in [0.25, 0.3) is 5.69 Å². The van der Waals surface area contributed by atoms with E-state index in [1.807, 2.05) is 26.0 Å². The summed E-state index contributed by atoms with van der Waals surface area (Å²) in [6.45, 7) is 5.13.